The van der Waals surface area contributed by atoms with Crippen molar-refractivity contribution in [1.82, 2.24) is 10.2 Å². The summed E-state index contributed by atoms with van der Waals surface area (Å²) in [6.07, 6.45) is 0. The zero-order valence-corrected chi connectivity index (χ0v) is 12.1. The molecule has 1 aromatic carbocycles. The van der Waals surface area contributed by atoms with Crippen molar-refractivity contribution < 1.29 is 0 Å². The highest BCUT2D eigenvalue weighted by molar-refractivity contribution is 5.91. The number of fused-ring (bicyclic) bond motifs is 1. The van der Waals surface area contributed by atoms with Gasteiger partial charge in [-0.25, -0.2) is 0 Å². The van der Waals surface area contributed by atoms with Crippen molar-refractivity contribution >= 4 is 16.6 Å². The molecule has 1 aliphatic rings. The third kappa shape index (κ3) is 1.94. The van der Waals surface area contributed by atoms with E-state index >= 15 is 0 Å². The Morgan fingerprint density at radius 3 is 2.68 bits per heavy atom. The molecule has 0 amide bonds. The Hall–Kier alpha value is -3.12. The minimum atomic E-state index is -0.506. The number of rotatable bonds is 1. The maximum atomic E-state index is 11.8. The maximum Gasteiger partial charge on any atom is 0.271 e. The molecule has 6 heteroatoms. The number of allylic oxidation sites excluding steroid dienone is 2. The first-order valence-corrected chi connectivity index (χ1v) is 6.82. The van der Waals surface area contributed by atoms with Crippen molar-refractivity contribution in [3.8, 4) is 12.1 Å². The van der Waals surface area contributed by atoms with E-state index in [9.17, 15) is 15.3 Å². The number of aliphatic imine (C=N–C) groups is 1. The highest BCUT2D eigenvalue weighted by atomic mass is 16.1. The molecule has 0 aliphatic carbocycles. The molecule has 1 aromatic heterocycles. The quantitative estimate of drug-likeness (QED) is 0.841. The fraction of sp³-hybridized carbons (Fsp3) is 0.250. The van der Waals surface area contributed by atoms with Crippen molar-refractivity contribution in [3.05, 3.63) is 45.4 Å². The molecule has 108 valence electrons. The zero-order chi connectivity index (χ0) is 15.9. The Balaban J connectivity index is 2.24. The van der Waals surface area contributed by atoms with Crippen molar-refractivity contribution in [2.24, 2.45) is 10.9 Å². The third-order valence-corrected chi connectivity index (χ3v) is 4.05. The summed E-state index contributed by atoms with van der Waals surface area (Å²) in [5.41, 5.74) is 3.04. The van der Waals surface area contributed by atoms with E-state index in [0.29, 0.717) is 27.9 Å². The second-order valence-electron chi connectivity index (χ2n) is 5.33. The van der Waals surface area contributed by atoms with Crippen molar-refractivity contribution in [3.63, 3.8) is 0 Å². The Labute approximate surface area is 126 Å². The zero-order valence-electron chi connectivity index (χ0n) is 12.1. The van der Waals surface area contributed by atoms with Gasteiger partial charge in [0.25, 0.3) is 5.56 Å². The van der Waals surface area contributed by atoms with Crippen LogP contribution >= 0.6 is 0 Å². The molecule has 6 nitrogen and oxygen atoms in total. The molecular formula is C16H13N5O. The SMILES string of the molecule is CC1=NC(C)=C(C#N)C(c2ccc3[nH][nH]c(=O)c3c2)C1C#N. The lowest BCUT2D eigenvalue weighted by atomic mass is 9.77. The van der Waals surface area contributed by atoms with Crippen LogP contribution in [0, 0.1) is 28.6 Å². The molecule has 1 aliphatic heterocycles. The molecule has 0 fully saturated rings. The number of nitrogens with zero attached hydrogens (tertiary/aromatic N) is 3. The average molecular weight is 291 g/mol. The normalized spacial score (nSPS) is 21.4. The maximum absolute atomic E-state index is 11.8. The van der Waals surface area contributed by atoms with E-state index in [0.717, 1.165) is 5.56 Å². The summed E-state index contributed by atoms with van der Waals surface area (Å²) in [7, 11) is 0. The molecule has 2 aromatic rings. The number of hydrogen-bond donors (Lipinski definition) is 2. The fourth-order valence-corrected chi connectivity index (χ4v) is 2.95. The van der Waals surface area contributed by atoms with Crippen LogP contribution in [0.1, 0.15) is 25.3 Å². The topological polar surface area (TPSA) is 109 Å². The van der Waals surface area contributed by atoms with E-state index in [1.54, 1.807) is 26.0 Å². The molecule has 0 saturated heterocycles. The molecule has 2 atom stereocenters. The van der Waals surface area contributed by atoms with Gasteiger partial charge in [-0.2, -0.15) is 10.5 Å². The molecule has 2 heterocycles. The molecule has 0 spiro atoms. The Morgan fingerprint density at radius 1 is 1.23 bits per heavy atom. The molecule has 0 bridgehead atoms. The lowest BCUT2D eigenvalue weighted by Crippen LogP contribution is -2.24. The fourth-order valence-electron chi connectivity index (χ4n) is 2.95. The van der Waals surface area contributed by atoms with Gasteiger partial charge in [-0.1, -0.05) is 6.07 Å². The lowest BCUT2D eigenvalue weighted by molar-refractivity contribution is 0.704. The molecule has 2 N–H and O–H groups in total. The predicted octanol–water partition coefficient (Wildman–Crippen LogP) is 2.35. The summed E-state index contributed by atoms with van der Waals surface area (Å²) in [4.78, 5) is 16.1. The molecule has 3 rings (SSSR count). The van der Waals surface area contributed by atoms with E-state index in [-0.39, 0.29) is 5.56 Å². The average Bonchev–Trinajstić information content (AvgIpc) is 2.87. The van der Waals surface area contributed by atoms with Crippen molar-refractivity contribution in [2.75, 3.05) is 0 Å². The summed E-state index contributed by atoms with van der Waals surface area (Å²) < 4.78 is 0. The number of hydrogen-bond acceptors (Lipinski definition) is 4. The van der Waals surface area contributed by atoms with Crippen LogP contribution in [-0.2, 0) is 0 Å². The smallest absolute Gasteiger partial charge is 0.271 e. The number of H-pyrrole nitrogens is 2. The van der Waals surface area contributed by atoms with Crippen molar-refractivity contribution in [2.45, 2.75) is 19.8 Å². The van der Waals surface area contributed by atoms with Gasteiger partial charge < -0.3 is 0 Å². The number of nitrogens with one attached hydrogen (secondary N) is 2. The molecule has 2 unspecified atom stereocenters. The van der Waals surface area contributed by atoms with Gasteiger partial charge in [-0.15, -0.1) is 0 Å². The van der Waals surface area contributed by atoms with Gasteiger partial charge in [0.05, 0.1) is 40.2 Å². The first-order valence-electron chi connectivity index (χ1n) is 6.82. The van der Waals surface area contributed by atoms with Crippen LogP contribution in [0.5, 0.6) is 0 Å². The Kier molecular flexibility index (Phi) is 3.15. The summed E-state index contributed by atoms with van der Waals surface area (Å²) >= 11 is 0. The van der Waals surface area contributed by atoms with E-state index in [1.807, 2.05) is 6.07 Å². The summed E-state index contributed by atoms with van der Waals surface area (Å²) in [5.74, 6) is -0.903. The Bertz CT molecular complexity index is 961. The number of aromatic amines is 2. The third-order valence-electron chi connectivity index (χ3n) is 4.05. The van der Waals surface area contributed by atoms with Crippen molar-refractivity contribution in [1.29, 1.82) is 10.5 Å². The van der Waals surface area contributed by atoms with Gasteiger partial charge >= 0.3 is 0 Å². The van der Waals surface area contributed by atoms with E-state index in [4.69, 9.17) is 0 Å². The highest BCUT2D eigenvalue weighted by Gasteiger charge is 2.34. The minimum Gasteiger partial charge on any atom is -0.298 e. The van der Waals surface area contributed by atoms with Crippen LogP contribution in [0.2, 0.25) is 0 Å². The number of benzene rings is 1. The molecular weight excluding hydrogens is 278 g/mol. The monoisotopic (exact) mass is 291 g/mol. The number of aromatic nitrogens is 2. The standard InChI is InChI=1S/C16H13N5O/c1-8-12(6-17)15(13(7-18)9(2)19-8)10-3-4-14-11(5-10)16(22)21-20-14/h3-5,12,15H,1-2H3,(H2,20,21,22). The first kappa shape index (κ1) is 13.8. The van der Waals surface area contributed by atoms with Gasteiger partial charge in [0, 0.05) is 11.6 Å². The second-order valence-corrected chi connectivity index (χ2v) is 5.33. The molecule has 22 heavy (non-hydrogen) atoms. The lowest BCUT2D eigenvalue weighted by Gasteiger charge is -2.26. The Morgan fingerprint density at radius 2 is 2.00 bits per heavy atom. The minimum absolute atomic E-state index is 0.217. The van der Waals surface area contributed by atoms with Crippen LogP contribution < -0.4 is 5.56 Å². The predicted molar refractivity (Wildman–Crippen MR) is 82.2 cm³/mol. The largest absolute Gasteiger partial charge is 0.298 e. The second kappa shape index (κ2) is 5.01. The summed E-state index contributed by atoms with van der Waals surface area (Å²) in [6.45, 7) is 3.56. The van der Waals surface area contributed by atoms with Gasteiger partial charge in [-0.3, -0.25) is 20.0 Å². The van der Waals surface area contributed by atoms with Gasteiger partial charge in [-0.05, 0) is 31.5 Å². The van der Waals surface area contributed by atoms with E-state index in [2.05, 4.69) is 27.3 Å². The molecule has 0 radical (unpaired) electrons. The number of nitriles is 2. The van der Waals surface area contributed by atoms with Crippen LogP contribution in [-0.4, -0.2) is 15.9 Å². The van der Waals surface area contributed by atoms with Gasteiger partial charge in [0.1, 0.15) is 0 Å². The molecule has 0 saturated carbocycles. The van der Waals surface area contributed by atoms with E-state index < -0.39 is 11.8 Å². The van der Waals surface area contributed by atoms with Crippen LogP contribution in [0.3, 0.4) is 0 Å². The summed E-state index contributed by atoms with van der Waals surface area (Å²) in [6, 6.07) is 9.76. The van der Waals surface area contributed by atoms with Crippen LogP contribution in [0.15, 0.2) is 39.3 Å². The van der Waals surface area contributed by atoms with Crippen LogP contribution in [0.4, 0.5) is 0 Å². The highest BCUT2D eigenvalue weighted by Crippen LogP contribution is 2.38. The summed E-state index contributed by atoms with van der Waals surface area (Å²) in [5, 5.41) is 24.8. The van der Waals surface area contributed by atoms with Gasteiger partial charge in [0.15, 0.2) is 0 Å². The van der Waals surface area contributed by atoms with E-state index in [1.165, 1.54) is 0 Å². The van der Waals surface area contributed by atoms with Crippen LogP contribution in [0.25, 0.3) is 10.9 Å². The van der Waals surface area contributed by atoms with Gasteiger partial charge in [0.2, 0.25) is 0 Å². The first-order chi connectivity index (χ1) is 10.6.